The number of hydrogen-bond donors (Lipinski definition) is 0. The molecule has 2 aliphatic carbocycles. The molecule has 0 radical (unpaired) electrons. The molecule has 0 saturated carbocycles. The van der Waals surface area contributed by atoms with Crippen LogP contribution in [0.3, 0.4) is 0 Å². The van der Waals surface area contributed by atoms with E-state index >= 15 is 0 Å². The van der Waals surface area contributed by atoms with Gasteiger partial charge in [-0.2, -0.15) is 0 Å². The van der Waals surface area contributed by atoms with Crippen LogP contribution in [0.25, 0.3) is 66.4 Å². The van der Waals surface area contributed by atoms with Crippen molar-refractivity contribution < 1.29 is 4.74 Å². The van der Waals surface area contributed by atoms with E-state index in [0.717, 1.165) is 56.4 Å². The predicted molar refractivity (Wildman–Crippen MR) is 250 cm³/mol. The summed E-state index contributed by atoms with van der Waals surface area (Å²) in [5.41, 5.74) is 20.3. The molecule has 60 heavy (non-hydrogen) atoms. The predicted octanol–water partition coefficient (Wildman–Crippen LogP) is 16.0. The van der Waals surface area contributed by atoms with Crippen molar-refractivity contribution in [2.45, 2.75) is 38.5 Å². The molecule has 2 heteroatoms. The second kappa shape index (κ2) is 12.7. The van der Waals surface area contributed by atoms with Gasteiger partial charge in [0.2, 0.25) is 0 Å². The fourth-order valence-electron chi connectivity index (χ4n) is 10.5. The molecular formula is C58H43NO. The van der Waals surface area contributed by atoms with E-state index in [1.54, 1.807) is 0 Å². The Hall–Kier alpha value is -7.16. The first-order valence-corrected chi connectivity index (χ1v) is 21.1. The van der Waals surface area contributed by atoms with Crippen LogP contribution in [-0.2, 0) is 10.8 Å². The summed E-state index contributed by atoms with van der Waals surface area (Å²) in [7, 11) is 0. The van der Waals surface area contributed by atoms with Gasteiger partial charge in [-0.15, -0.1) is 0 Å². The quantitative estimate of drug-likeness (QED) is 0.177. The minimum Gasteiger partial charge on any atom is -0.454 e. The molecule has 0 amide bonds. The largest absolute Gasteiger partial charge is 0.454 e. The summed E-state index contributed by atoms with van der Waals surface area (Å²) in [6, 6.07) is 69.3. The van der Waals surface area contributed by atoms with E-state index in [0.29, 0.717) is 0 Å². The van der Waals surface area contributed by atoms with Gasteiger partial charge >= 0.3 is 0 Å². The topological polar surface area (TPSA) is 12.5 Å². The summed E-state index contributed by atoms with van der Waals surface area (Å²) in [6.45, 7) is 9.45. The van der Waals surface area contributed by atoms with Crippen LogP contribution in [0.5, 0.6) is 11.5 Å². The molecule has 1 aliphatic heterocycles. The fraction of sp³-hybridized carbons (Fsp3) is 0.103. The zero-order valence-corrected chi connectivity index (χ0v) is 34.3. The molecule has 0 atom stereocenters. The Morgan fingerprint density at radius 3 is 1.47 bits per heavy atom. The molecule has 9 aromatic carbocycles. The highest BCUT2D eigenvalue weighted by Crippen LogP contribution is 2.57. The number of benzene rings is 9. The first-order valence-electron chi connectivity index (χ1n) is 21.1. The molecule has 2 nitrogen and oxygen atoms in total. The van der Waals surface area contributed by atoms with Gasteiger partial charge in [-0.1, -0.05) is 161 Å². The van der Waals surface area contributed by atoms with Crippen LogP contribution in [-0.4, -0.2) is 0 Å². The van der Waals surface area contributed by atoms with Crippen molar-refractivity contribution in [3.05, 3.63) is 210 Å². The van der Waals surface area contributed by atoms with Gasteiger partial charge in [0.15, 0.2) is 5.75 Å². The Morgan fingerprint density at radius 2 is 0.850 bits per heavy atom. The Balaban J connectivity index is 1.12. The maximum absolute atomic E-state index is 7.46. The number of para-hydroxylation sites is 1. The molecule has 0 fully saturated rings. The van der Waals surface area contributed by atoms with Crippen molar-refractivity contribution in [1.29, 1.82) is 0 Å². The highest BCUT2D eigenvalue weighted by atomic mass is 16.5. The lowest BCUT2D eigenvalue weighted by atomic mass is 9.82. The number of nitrogens with zero attached hydrogens (tertiary/aromatic N) is 1. The SMILES string of the molecule is CC1(C)c2ccccc2-c2ccc(N(c3ccc4c(c3)C(C)(C)c3ccccc3-4)c3cccc4c3Oc3cc(-c5ccccc5)ccc3-c3cc5ccccc5cc3-4)cc21. The van der Waals surface area contributed by atoms with Gasteiger partial charge < -0.3 is 9.64 Å². The third kappa shape index (κ3) is 5.01. The summed E-state index contributed by atoms with van der Waals surface area (Å²) >= 11 is 0. The van der Waals surface area contributed by atoms with Crippen LogP contribution in [0.2, 0.25) is 0 Å². The molecule has 286 valence electrons. The lowest BCUT2D eigenvalue weighted by Crippen LogP contribution is -2.18. The van der Waals surface area contributed by atoms with Crippen molar-refractivity contribution in [3.63, 3.8) is 0 Å². The molecule has 12 rings (SSSR count). The van der Waals surface area contributed by atoms with E-state index in [9.17, 15) is 0 Å². The summed E-state index contributed by atoms with van der Waals surface area (Å²) in [5.74, 6) is 1.68. The third-order valence-electron chi connectivity index (χ3n) is 13.7. The molecule has 9 aromatic rings. The molecule has 1 heterocycles. The lowest BCUT2D eigenvalue weighted by Gasteiger charge is -2.31. The smallest absolute Gasteiger partial charge is 0.159 e. The molecule has 0 bridgehead atoms. The minimum absolute atomic E-state index is 0.161. The van der Waals surface area contributed by atoms with Gasteiger partial charge in [0, 0.05) is 33.3 Å². The van der Waals surface area contributed by atoms with Gasteiger partial charge in [0.25, 0.3) is 0 Å². The normalized spacial score (nSPS) is 14.4. The van der Waals surface area contributed by atoms with Crippen molar-refractivity contribution in [1.82, 2.24) is 0 Å². The third-order valence-corrected chi connectivity index (χ3v) is 13.7. The molecule has 0 spiro atoms. The minimum atomic E-state index is -0.161. The van der Waals surface area contributed by atoms with Gasteiger partial charge in [-0.05, 0) is 132 Å². The number of hydrogen-bond acceptors (Lipinski definition) is 2. The van der Waals surface area contributed by atoms with Crippen LogP contribution < -0.4 is 9.64 Å². The highest BCUT2D eigenvalue weighted by molar-refractivity contribution is 6.02. The Morgan fingerprint density at radius 1 is 0.350 bits per heavy atom. The average molecular weight is 770 g/mol. The zero-order chi connectivity index (χ0) is 40.3. The molecular weight excluding hydrogens is 727 g/mol. The fourth-order valence-corrected chi connectivity index (χ4v) is 10.5. The first kappa shape index (κ1) is 34.8. The molecule has 0 N–H and O–H groups in total. The van der Waals surface area contributed by atoms with E-state index in [4.69, 9.17) is 4.74 Å². The first-order chi connectivity index (χ1) is 29.3. The van der Waals surface area contributed by atoms with Crippen LogP contribution >= 0.6 is 0 Å². The lowest BCUT2D eigenvalue weighted by molar-refractivity contribution is 0.489. The van der Waals surface area contributed by atoms with Crippen LogP contribution in [0.4, 0.5) is 17.1 Å². The van der Waals surface area contributed by atoms with Gasteiger partial charge in [-0.3, -0.25) is 0 Å². The van der Waals surface area contributed by atoms with Crippen molar-refractivity contribution in [2.24, 2.45) is 0 Å². The Kier molecular flexibility index (Phi) is 7.36. The standard InChI is InChI=1S/C58H43NO/c1-57(2)50-22-12-10-19-42(50)44-29-26-40(34-52(44)57)59(41-27-30-45-43-20-11-13-23-51(43)58(3,4)53(45)35-41)54-24-14-21-47-49-32-38-18-9-8-17-37(38)31-48(49)46-28-25-39(33-55(46)60-56(47)54)36-15-6-5-7-16-36/h5-35H,1-4H3. The van der Waals surface area contributed by atoms with E-state index in [1.165, 1.54) is 60.8 Å². The highest BCUT2D eigenvalue weighted by Gasteiger charge is 2.38. The number of fused-ring (bicyclic) bond motifs is 12. The summed E-state index contributed by atoms with van der Waals surface area (Å²) in [6.07, 6.45) is 0. The average Bonchev–Trinajstić information content (AvgIpc) is 3.59. The van der Waals surface area contributed by atoms with Crippen LogP contribution in [0, 0.1) is 0 Å². The van der Waals surface area contributed by atoms with Crippen LogP contribution in [0.15, 0.2) is 188 Å². The van der Waals surface area contributed by atoms with E-state index < -0.39 is 0 Å². The van der Waals surface area contributed by atoms with E-state index in [-0.39, 0.29) is 10.8 Å². The van der Waals surface area contributed by atoms with Gasteiger partial charge in [0.1, 0.15) is 5.75 Å². The van der Waals surface area contributed by atoms with Crippen molar-refractivity contribution in [3.8, 4) is 67.1 Å². The Bertz CT molecular complexity index is 3140. The van der Waals surface area contributed by atoms with E-state index in [2.05, 4.69) is 221 Å². The van der Waals surface area contributed by atoms with Gasteiger partial charge in [-0.25, -0.2) is 0 Å². The molecule has 0 saturated heterocycles. The number of anilines is 3. The maximum Gasteiger partial charge on any atom is 0.159 e. The molecule has 0 unspecified atom stereocenters. The Labute approximate surface area is 352 Å². The van der Waals surface area contributed by atoms with Crippen molar-refractivity contribution >= 4 is 27.8 Å². The monoisotopic (exact) mass is 769 g/mol. The second-order valence-corrected chi connectivity index (χ2v) is 17.7. The van der Waals surface area contributed by atoms with Crippen molar-refractivity contribution in [2.75, 3.05) is 4.90 Å². The van der Waals surface area contributed by atoms with Gasteiger partial charge in [0.05, 0.1) is 5.69 Å². The summed E-state index contributed by atoms with van der Waals surface area (Å²) < 4.78 is 7.46. The number of rotatable bonds is 4. The summed E-state index contributed by atoms with van der Waals surface area (Å²) in [4.78, 5) is 2.45. The van der Waals surface area contributed by atoms with E-state index in [1.807, 2.05) is 0 Å². The molecule has 0 aromatic heterocycles. The zero-order valence-electron chi connectivity index (χ0n) is 34.3. The molecule has 3 aliphatic rings. The maximum atomic E-state index is 7.46. The summed E-state index contributed by atoms with van der Waals surface area (Å²) in [5, 5.41) is 2.41. The second-order valence-electron chi connectivity index (χ2n) is 17.7. The number of ether oxygens (including phenoxy) is 1. The van der Waals surface area contributed by atoms with Crippen LogP contribution in [0.1, 0.15) is 49.9 Å².